The molecule has 0 atom stereocenters. The number of esters is 2. The van der Waals surface area contributed by atoms with Crippen molar-refractivity contribution in [3.05, 3.63) is 0 Å². The van der Waals surface area contributed by atoms with E-state index in [1.807, 2.05) is 0 Å². The van der Waals surface area contributed by atoms with Crippen LogP contribution in [0.3, 0.4) is 0 Å². The maximum atomic E-state index is 13.3. The normalized spacial score (nSPS) is 30.9. The van der Waals surface area contributed by atoms with Crippen LogP contribution in [0.1, 0.15) is 0 Å². The highest BCUT2D eigenvalue weighted by atomic mass is 31.2. The van der Waals surface area contributed by atoms with E-state index in [0.717, 1.165) is 0 Å². The molecule has 0 amide bonds. The molecule has 0 aromatic carbocycles. The Morgan fingerprint density at radius 2 is 1.29 bits per heavy atom. The quantitative estimate of drug-likeness (QED) is 0.339. The van der Waals surface area contributed by atoms with Gasteiger partial charge in [-0.25, -0.2) is 28.2 Å². The Labute approximate surface area is 92.4 Å². The van der Waals surface area contributed by atoms with Crippen molar-refractivity contribution >= 4 is 31.9 Å². The van der Waals surface area contributed by atoms with Crippen molar-refractivity contribution in [3.8, 4) is 0 Å². The zero-order valence-electron chi connectivity index (χ0n) is 8.05. The van der Waals surface area contributed by atoms with E-state index in [-0.39, 0.29) is 0 Å². The smallest absolute Gasteiger partial charge is 0.388 e. The minimum absolute atomic E-state index is 0.526. The molecule has 0 aliphatic carbocycles. The summed E-state index contributed by atoms with van der Waals surface area (Å²) in [6, 6.07) is 0. The molecule has 0 unspecified atom stereocenters. The van der Waals surface area contributed by atoms with E-state index >= 15 is 0 Å². The molecule has 11 heteroatoms. The van der Waals surface area contributed by atoms with Crippen LogP contribution in [0.2, 0.25) is 0 Å². The van der Waals surface area contributed by atoms with Gasteiger partial charge in [0.25, 0.3) is 0 Å². The highest BCUT2D eigenvalue weighted by Crippen LogP contribution is 2.59. The van der Waals surface area contributed by atoms with Gasteiger partial charge in [0.05, 0.1) is 0 Å². The third-order valence-electron chi connectivity index (χ3n) is 1.22. The van der Waals surface area contributed by atoms with Gasteiger partial charge in [0.15, 0.2) is 6.66 Å². The maximum Gasteiger partial charge on any atom is 0.554 e. The van der Waals surface area contributed by atoms with Crippen LogP contribution in [0.4, 0.5) is 8.59 Å². The lowest BCUT2D eigenvalue weighted by molar-refractivity contribution is -0.223. The number of ether oxygens (including phenoxy) is 2. The second-order valence-corrected chi connectivity index (χ2v) is 4.45. The van der Waals surface area contributed by atoms with Crippen molar-refractivity contribution in [1.82, 2.24) is 0 Å². The summed E-state index contributed by atoms with van der Waals surface area (Å²) in [4.78, 5) is 42.9. The standard InChI is InChI=1S/C6H4F2O8P/c1-17(8)15-4(11)2(9)13-6(7)14-3(10)5(12)16-17/h6H,1H3/q+1. The molecule has 0 aromatic rings. The predicted molar refractivity (Wildman–Crippen MR) is 43.2 cm³/mol. The minimum atomic E-state index is -4.58. The molecule has 0 radical (unpaired) electrons. The highest BCUT2D eigenvalue weighted by Gasteiger charge is 2.51. The zero-order chi connectivity index (χ0) is 13.2. The summed E-state index contributed by atoms with van der Waals surface area (Å²) in [5.74, 6) is -7.72. The molecule has 1 aliphatic heterocycles. The molecule has 0 bridgehead atoms. The van der Waals surface area contributed by atoms with Crippen LogP contribution >= 0.6 is 8.03 Å². The first-order valence-corrected chi connectivity index (χ1v) is 5.77. The van der Waals surface area contributed by atoms with Gasteiger partial charge in [-0.15, -0.1) is 0 Å². The van der Waals surface area contributed by atoms with Crippen molar-refractivity contribution < 1.29 is 46.3 Å². The summed E-state index contributed by atoms with van der Waals surface area (Å²) in [5.41, 5.74) is 0. The Hall–Kier alpha value is -1.83. The SMILES string of the molecule is C[P+]1(F)OC(=O)C(=O)OC(F)OC(=O)C(=O)O1. The third-order valence-corrected chi connectivity index (χ3v) is 2.21. The molecule has 1 heterocycles. The second-order valence-electron chi connectivity index (χ2n) is 2.59. The number of hydrogen-bond donors (Lipinski definition) is 0. The molecule has 0 spiro atoms. The lowest BCUT2D eigenvalue weighted by atomic mass is 10.7. The molecule has 0 saturated carbocycles. The molecule has 1 fully saturated rings. The second kappa shape index (κ2) is 4.58. The van der Waals surface area contributed by atoms with Gasteiger partial charge in [-0.2, -0.15) is 4.39 Å². The van der Waals surface area contributed by atoms with E-state index in [1.165, 1.54) is 0 Å². The summed E-state index contributed by atoms with van der Waals surface area (Å²) < 4.78 is 40.6. The van der Waals surface area contributed by atoms with Gasteiger partial charge in [0.1, 0.15) is 0 Å². The lowest BCUT2D eigenvalue weighted by Crippen LogP contribution is -2.32. The molecule has 8 nitrogen and oxygen atoms in total. The van der Waals surface area contributed by atoms with E-state index in [9.17, 15) is 27.8 Å². The summed E-state index contributed by atoms with van der Waals surface area (Å²) in [6.07, 6.45) is 0. The average molecular weight is 273 g/mol. The Morgan fingerprint density at radius 3 is 1.65 bits per heavy atom. The minimum Gasteiger partial charge on any atom is -0.388 e. The van der Waals surface area contributed by atoms with Gasteiger partial charge >= 0.3 is 38.4 Å². The van der Waals surface area contributed by atoms with Crippen LogP contribution < -0.4 is 0 Å². The third kappa shape index (κ3) is 3.59. The molecule has 1 rings (SSSR count). The summed E-state index contributed by atoms with van der Waals surface area (Å²) in [6.45, 7) is -2.48. The monoisotopic (exact) mass is 273 g/mol. The molecule has 17 heavy (non-hydrogen) atoms. The predicted octanol–water partition coefficient (Wildman–Crippen LogP) is -0.212. The Kier molecular flexibility index (Phi) is 3.56. The first kappa shape index (κ1) is 13.2. The van der Waals surface area contributed by atoms with Crippen LogP contribution in [0.15, 0.2) is 0 Å². The molecule has 0 N–H and O–H groups in total. The summed E-state index contributed by atoms with van der Waals surface area (Å²) in [7, 11) is -4.58. The molecular formula is C6H4F2O8P+. The van der Waals surface area contributed by atoms with E-state index in [2.05, 4.69) is 18.5 Å². The lowest BCUT2D eigenvalue weighted by Gasteiger charge is -2.13. The van der Waals surface area contributed by atoms with Gasteiger partial charge in [-0.3, -0.25) is 0 Å². The summed E-state index contributed by atoms with van der Waals surface area (Å²) >= 11 is 0. The van der Waals surface area contributed by atoms with Crippen molar-refractivity contribution in [3.63, 3.8) is 0 Å². The first-order chi connectivity index (χ1) is 7.71. The summed E-state index contributed by atoms with van der Waals surface area (Å²) in [5, 5.41) is 0. The number of hydrogen-bond acceptors (Lipinski definition) is 8. The van der Waals surface area contributed by atoms with Crippen molar-refractivity contribution in [1.29, 1.82) is 0 Å². The van der Waals surface area contributed by atoms with Crippen molar-refractivity contribution in [2.45, 2.75) is 6.54 Å². The average Bonchev–Trinajstić information content (AvgIpc) is 2.14. The van der Waals surface area contributed by atoms with Crippen LogP contribution in [0.25, 0.3) is 0 Å². The van der Waals surface area contributed by atoms with E-state index in [4.69, 9.17) is 0 Å². The number of cyclic esters (lactones) is 2. The number of carbonyl (C=O) groups is 4. The Morgan fingerprint density at radius 1 is 0.941 bits per heavy atom. The number of alkyl halides is 1. The van der Waals surface area contributed by atoms with Crippen LogP contribution in [0, 0.1) is 0 Å². The number of carbonyl (C=O) groups excluding carboxylic acids is 4. The Bertz CT molecular complexity index is 359. The first-order valence-electron chi connectivity index (χ1n) is 3.80. The van der Waals surface area contributed by atoms with Crippen molar-refractivity contribution in [2.24, 2.45) is 0 Å². The highest BCUT2D eigenvalue weighted by molar-refractivity contribution is 7.61. The topological polar surface area (TPSA) is 105 Å². The Balaban J connectivity index is 2.93. The number of rotatable bonds is 0. The van der Waals surface area contributed by atoms with E-state index < -0.39 is 38.4 Å². The molecule has 0 aromatic heterocycles. The van der Waals surface area contributed by atoms with Crippen LogP contribution in [0.5, 0.6) is 0 Å². The fourth-order valence-corrected chi connectivity index (χ4v) is 1.46. The van der Waals surface area contributed by atoms with Crippen LogP contribution in [-0.4, -0.2) is 37.1 Å². The van der Waals surface area contributed by atoms with Gasteiger partial charge in [-0.05, 0) is 0 Å². The maximum absolute atomic E-state index is 13.3. The van der Waals surface area contributed by atoms with Gasteiger partial charge in [0, 0.05) is 4.20 Å². The van der Waals surface area contributed by atoms with Gasteiger partial charge < -0.3 is 9.47 Å². The zero-order valence-corrected chi connectivity index (χ0v) is 8.94. The van der Waals surface area contributed by atoms with E-state index in [1.54, 1.807) is 0 Å². The molecule has 94 valence electrons. The van der Waals surface area contributed by atoms with Gasteiger partial charge in [-0.1, -0.05) is 0 Å². The van der Waals surface area contributed by atoms with Crippen LogP contribution in [-0.2, 0) is 37.7 Å². The molecule has 1 aliphatic rings. The largest absolute Gasteiger partial charge is 0.554 e. The fourth-order valence-electron chi connectivity index (χ4n) is 0.678. The fraction of sp³-hybridized carbons (Fsp3) is 0.333. The van der Waals surface area contributed by atoms with Gasteiger partial charge in [0.2, 0.25) is 0 Å². The molecule has 1 saturated heterocycles. The van der Waals surface area contributed by atoms with Crippen molar-refractivity contribution in [2.75, 3.05) is 6.66 Å². The van der Waals surface area contributed by atoms with E-state index in [0.29, 0.717) is 6.66 Å². The number of halogens is 2. The molecular weight excluding hydrogens is 269 g/mol.